The molecule has 0 saturated carbocycles. The quantitative estimate of drug-likeness (QED) is 0.649. The van der Waals surface area contributed by atoms with Crippen molar-refractivity contribution in [2.75, 3.05) is 19.6 Å². The maximum atomic E-state index is 11.5. The van der Waals surface area contributed by atoms with Gasteiger partial charge in [-0.1, -0.05) is 6.42 Å². The van der Waals surface area contributed by atoms with Crippen LogP contribution in [0.2, 0.25) is 0 Å². The molecular formula is C10H18N2O. The van der Waals surface area contributed by atoms with E-state index in [-0.39, 0.29) is 11.9 Å². The molecule has 2 aliphatic rings. The summed E-state index contributed by atoms with van der Waals surface area (Å²) < 4.78 is 0. The SMILES string of the molecule is O=C1NCCC[C@@H]1N1CCCCC1. The van der Waals surface area contributed by atoms with Crippen molar-refractivity contribution < 1.29 is 4.79 Å². The van der Waals surface area contributed by atoms with Gasteiger partial charge in [0.1, 0.15) is 0 Å². The van der Waals surface area contributed by atoms with Gasteiger partial charge in [-0.05, 0) is 38.8 Å². The summed E-state index contributed by atoms with van der Waals surface area (Å²) in [5.74, 6) is 0.258. The number of nitrogens with one attached hydrogen (secondary N) is 1. The van der Waals surface area contributed by atoms with Crippen LogP contribution in [0.25, 0.3) is 0 Å². The fourth-order valence-electron chi connectivity index (χ4n) is 2.33. The van der Waals surface area contributed by atoms with E-state index in [1.54, 1.807) is 0 Å². The summed E-state index contributed by atoms with van der Waals surface area (Å²) in [6.45, 7) is 3.12. The van der Waals surface area contributed by atoms with E-state index in [0.717, 1.165) is 32.5 Å². The third kappa shape index (κ3) is 2.02. The largest absolute Gasteiger partial charge is 0.355 e. The zero-order valence-corrected chi connectivity index (χ0v) is 8.09. The number of piperidine rings is 2. The van der Waals surface area contributed by atoms with Gasteiger partial charge in [0.15, 0.2) is 0 Å². The van der Waals surface area contributed by atoms with Crippen LogP contribution < -0.4 is 5.32 Å². The smallest absolute Gasteiger partial charge is 0.237 e. The molecule has 0 aromatic carbocycles. The molecule has 2 rings (SSSR count). The minimum atomic E-state index is 0.189. The number of amides is 1. The Labute approximate surface area is 79.5 Å². The summed E-state index contributed by atoms with van der Waals surface area (Å²) in [7, 11) is 0. The van der Waals surface area contributed by atoms with Crippen LogP contribution in [0.1, 0.15) is 32.1 Å². The lowest BCUT2D eigenvalue weighted by Crippen LogP contribution is -2.51. The van der Waals surface area contributed by atoms with E-state index in [1.807, 2.05) is 0 Å². The second-order valence-electron chi connectivity index (χ2n) is 4.05. The van der Waals surface area contributed by atoms with E-state index in [9.17, 15) is 4.79 Å². The van der Waals surface area contributed by atoms with Crippen molar-refractivity contribution >= 4 is 5.91 Å². The van der Waals surface area contributed by atoms with Gasteiger partial charge in [0.25, 0.3) is 0 Å². The van der Waals surface area contributed by atoms with Crippen LogP contribution in [0.5, 0.6) is 0 Å². The van der Waals surface area contributed by atoms with Gasteiger partial charge in [0.2, 0.25) is 5.91 Å². The van der Waals surface area contributed by atoms with Crippen molar-refractivity contribution in [1.82, 2.24) is 10.2 Å². The maximum absolute atomic E-state index is 11.5. The third-order valence-corrected chi connectivity index (χ3v) is 3.09. The molecule has 74 valence electrons. The molecule has 1 amide bonds. The molecule has 3 nitrogen and oxygen atoms in total. The maximum Gasteiger partial charge on any atom is 0.237 e. The standard InChI is InChI=1S/C10H18N2O/c13-10-9(5-4-6-11-10)12-7-2-1-3-8-12/h9H,1-8H2,(H,11,13)/t9-/m0/s1. The number of likely N-dealkylation sites (tertiary alicyclic amines) is 1. The van der Waals surface area contributed by atoms with Crippen LogP contribution >= 0.6 is 0 Å². The van der Waals surface area contributed by atoms with Gasteiger partial charge in [-0.25, -0.2) is 0 Å². The molecule has 1 atom stereocenters. The zero-order chi connectivity index (χ0) is 9.10. The van der Waals surface area contributed by atoms with Crippen LogP contribution in [-0.2, 0) is 4.79 Å². The fraction of sp³-hybridized carbons (Fsp3) is 0.900. The zero-order valence-electron chi connectivity index (χ0n) is 8.09. The van der Waals surface area contributed by atoms with Gasteiger partial charge in [-0.15, -0.1) is 0 Å². The minimum Gasteiger partial charge on any atom is -0.355 e. The monoisotopic (exact) mass is 182 g/mol. The highest BCUT2D eigenvalue weighted by Crippen LogP contribution is 2.17. The Morgan fingerprint density at radius 1 is 1.15 bits per heavy atom. The van der Waals surface area contributed by atoms with Gasteiger partial charge in [0, 0.05) is 6.54 Å². The molecule has 0 unspecified atom stereocenters. The second kappa shape index (κ2) is 4.09. The molecule has 0 radical (unpaired) electrons. The number of carbonyl (C=O) groups is 1. The molecule has 3 heteroatoms. The van der Waals surface area contributed by atoms with Crippen LogP contribution in [0, 0.1) is 0 Å². The highest BCUT2D eigenvalue weighted by Gasteiger charge is 2.28. The average molecular weight is 182 g/mol. The fourth-order valence-corrected chi connectivity index (χ4v) is 2.33. The molecular weight excluding hydrogens is 164 g/mol. The minimum absolute atomic E-state index is 0.189. The summed E-state index contributed by atoms with van der Waals surface area (Å²) in [5.41, 5.74) is 0. The van der Waals surface area contributed by atoms with Crippen molar-refractivity contribution in [3.05, 3.63) is 0 Å². The van der Waals surface area contributed by atoms with Crippen LogP contribution in [0.3, 0.4) is 0 Å². The van der Waals surface area contributed by atoms with Crippen LogP contribution in [0.4, 0.5) is 0 Å². The van der Waals surface area contributed by atoms with E-state index in [0.29, 0.717) is 0 Å². The molecule has 1 N–H and O–H groups in total. The Balaban J connectivity index is 1.92. The van der Waals surface area contributed by atoms with Crippen molar-refractivity contribution in [3.8, 4) is 0 Å². The Morgan fingerprint density at radius 3 is 2.62 bits per heavy atom. The third-order valence-electron chi connectivity index (χ3n) is 3.09. The number of carbonyl (C=O) groups excluding carboxylic acids is 1. The molecule has 13 heavy (non-hydrogen) atoms. The molecule has 0 spiro atoms. The van der Waals surface area contributed by atoms with E-state index in [4.69, 9.17) is 0 Å². The van der Waals surface area contributed by atoms with Gasteiger partial charge >= 0.3 is 0 Å². The lowest BCUT2D eigenvalue weighted by Gasteiger charge is -2.35. The number of hydrogen-bond donors (Lipinski definition) is 1. The van der Waals surface area contributed by atoms with Crippen molar-refractivity contribution in [2.24, 2.45) is 0 Å². The van der Waals surface area contributed by atoms with E-state index < -0.39 is 0 Å². The molecule has 2 heterocycles. The summed E-state index contributed by atoms with van der Waals surface area (Å²) in [6, 6.07) is 0.189. The van der Waals surface area contributed by atoms with E-state index >= 15 is 0 Å². The molecule has 0 aromatic rings. The molecule has 2 fully saturated rings. The highest BCUT2D eigenvalue weighted by molar-refractivity contribution is 5.82. The first-order valence-corrected chi connectivity index (χ1v) is 5.40. The predicted molar refractivity (Wildman–Crippen MR) is 51.5 cm³/mol. The topological polar surface area (TPSA) is 32.3 Å². The summed E-state index contributed by atoms with van der Waals surface area (Å²) in [6.07, 6.45) is 6.08. The predicted octanol–water partition coefficient (Wildman–Crippen LogP) is 0.751. The lowest BCUT2D eigenvalue weighted by molar-refractivity contribution is -0.128. The second-order valence-corrected chi connectivity index (χ2v) is 4.05. The Bertz CT molecular complexity index is 187. The Kier molecular flexibility index (Phi) is 2.83. The van der Waals surface area contributed by atoms with Gasteiger partial charge in [0.05, 0.1) is 6.04 Å². The van der Waals surface area contributed by atoms with Gasteiger partial charge < -0.3 is 5.32 Å². The average Bonchev–Trinajstić information content (AvgIpc) is 2.20. The summed E-state index contributed by atoms with van der Waals surface area (Å²) in [5, 5.41) is 2.95. The Morgan fingerprint density at radius 2 is 1.92 bits per heavy atom. The van der Waals surface area contributed by atoms with Crippen molar-refractivity contribution in [3.63, 3.8) is 0 Å². The molecule has 2 saturated heterocycles. The summed E-state index contributed by atoms with van der Waals surface area (Å²) >= 11 is 0. The molecule has 0 aromatic heterocycles. The van der Waals surface area contributed by atoms with Gasteiger partial charge in [-0.3, -0.25) is 9.69 Å². The van der Waals surface area contributed by atoms with Crippen molar-refractivity contribution in [2.45, 2.75) is 38.1 Å². The van der Waals surface area contributed by atoms with Crippen LogP contribution in [-0.4, -0.2) is 36.5 Å². The normalized spacial score (nSPS) is 31.4. The number of hydrogen-bond acceptors (Lipinski definition) is 2. The van der Waals surface area contributed by atoms with E-state index in [2.05, 4.69) is 10.2 Å². The summed E-state index contributed by atoms with van der Waals surface area (Å²) in [4.78, 5) is 13.9. The Hall–Kier alpha value is -0.570. The van der Waals surface area contributed by atoms with Crippen LogP contribution in [0.15, 0.2) is 0 Å². The van der Waals surface area contributed by atoms with E-state index in [1.165, 1.54) is 19.3 Å². The molecule has 0 aliphatic carbocycles. The number of rotatable bonds is 1. The van der Waals surface area contributed by atoms with Crippen molar-refractivity contribution in [1.29, 1.82) is 0 Å². The molecule has 2 aliphatic heterocycles. The molecule has 0 bridgehead atoms. The first-order chi connectivity index (χ1) is 6.38. The van der Waals surface area contributed by atoms with Gasteiger partial charge in [-0.2, -0.15) is 0 Å². The first kappa shape index (κ1) is 9.00. The number of nitrogens with zero attached hydrogens (tertiary/aromatic N) is 1. The first-order valence-electron chi connectivity index (χ1n) is 5.40. The highest BCUT2D eigenvalue weighted by atomic mass is 16.2. The lowest BCUT2D eigenvalue weighted by atomic mass is 10.0.